The number of carboxylic acid groups (broad SMARTS) is 1. The lowest BCUT2D eigenvalue weighted by molar-refractivity contribution is -0.132. The molecule has 0 saturated heterocycles. The average Bonchev–Trinajstić information content (AvgIpc) is 2.93. The fraction of sp³-hybridized carbons (Fsp3) is 0.286. The number of carbonyl (C=O) groups excluding carboxylic acids is 1. The normalized spacial score (nSPS) is 10.5. The molecule has 22 heavy (non-hydrogen) atoms. The Labute approximate surface area is 135 Å². The maximum Gasteiger partial charge on any atom is 0.358 e. The van der Waals surface area contributed by atoms with E-state index < -0.39 is 5.97 Å². The molecular formula is C14H15BrN4O3. The van der Waals surface area contributed by atoms with Gasteiger partial charge in [0.2, 0.25) is 5.91 Å². The van der Waals surface area contributed by atoms with Crippen molar-refractivity contribution in [2.45, 2.75) is 20.0 Å². The van der Waals surface area contributed by atoms with Crippen LogP contribution in [0.4, 0.5) is 0 Å². The molecule has 2 aromatic rings. The number of likely N-dealkylation sites (N-methyl/N-ethyl adjacent to an activating group) is 1. The third-order valence-corrected chi connectivity index (χ3v) is 3.55. The maximum absolute atomic E-state index is 12.3. The third-order valence-electron chi connectivity index (χ3n) is 3.05. The van der Waals surface area contributed by atoms with E-state index in [0.717, 1.165) is 10.0 Å². The summed E-state index contributed by atoms with van der Waals surface area (Å²) in [6, 6.07) is 7.73. The summed E-state index contributed by atoms with van der Waals surface area (Å²) in [7, 11) is 0. The van der Waals surface area contributed by atoms with E-state index in [-0.39, 0.29) is 18.1 Å². The molecule has 0 radical (unpaired) electrons. The summed E-state index contributed by atoms with van der Waals surface area (Å²) < 4.78 is 2.19. The lowest BCUT2D eigenvalue weighted by Crippen LogP contribution is -2.33. The smallest absolute Gasteiger partial charge is 0.358 e. The fourth-order valence-electron chi connectivity index (χ4n) is 1.94. The zero-order chi connectivity index (χ0) is 16.1. The van der Waals surface area contributed by atoms with Crippen molar-refractivity contribution in [3.63, 3.8) is 0 Å². The number of benzene rings is 1. The average molecular weight is 367 g/mol. The van der Waals surface area contributed by atoms with Crippen LogP contribution in [0.15, 0.2) is 34.9 Å². The Hall–Kier alpha value is -2.22. The molecule has 0 unspecified atom stereocenters. The minimum atomic E-state index is -1.17. The van der Waals surface area contributed by atoms with Crippen molar-refractivity contribution in [2.24, 2.45) is 0 Å². The summed E-state index contributed by atoms with van der Waals surface area (Å²) in [5, 5.41) is 15.9. The van der Waals surface area contributed by atoms with Crippen LogP contribution >= 0.6 is 15.9 Å². The molecule has 0 aliphatic carbocycles. The summed E-state index contributed by atoms with van der Waals surface area (Å²) in [5.41, 5.74) is 0.831. The first-order valence-corrected chi connectivity index (χ1v) is 7.44. The van der Waals surface area contributed by atoms with Gasteiger partial charge in [0.1, 0.15) is 6.54 Å². The minimum absolute atomic E-state index is 0.0396. The second kappa shape index (κ2) is 7.17. The molecule has 8 heteroatoms. The molecule has 2 rings (SSSR count). The molecule has 1 N–H and O–H groups in total. The van der Waals surface area contributed by atoms with Crippen molar-refractivity contribution >= 4 is 27.8 Å². The van der Waals surface area contributed by atoms with Gasteiger partial charge in [-0.05, 0) is 24.6 Å². The Kier molecular flexibility index (Phi) is 5.26. The van der Waals surface area contributed by atoms with Gasteiger partial charge in [-0.2, -0.15) is 0 Å². The third kappa shape index (κ3) is 4.14. The van der Waals surface area contributed by atoms with E-state index in [1.54, 1.807) is 4.90 Å². The maximum atomic E-state index is 12.3. The molecule has 0 fully saturated rings. The highest BCUT2D eigenvalue weighted by molar-refractivity contribution is 9.10. The number of carbonyl (C=O) groups is 2. The van der Waals surface area contributed by atoms with Gasteiger partial charge in [-0.1, -0.05) is 33.3 Å². The molecule has 1 aromatic heterocycles. The van der Waals surface area contributed by atoms with Crippen LogP contribution in [0.5, 0.6) is 0 Å². The van der Waals surface area contributed by atoms with E-state index in [1.165, 1.54) is 10.9 Å². The fourth-order valence-corrected chi connectivity index (χ4v) is 2.39. The topological polar surface area (TPSA) is 88.3 Å². The van der Waals surface area contributed by atoms with E-state index in [0.29, 0.717) is 13.1 Å². The van der Waals surface area contributed by atoms with E-state index >= 15 is 0 Å². The zero-order valence-electron chi connectivity index (χ0n) is 11.9. The largest absolute Gasteiger partial charge is 0.476 e. The van der Waals surface area contributed by atoms with Crippen LogP contribution in [0, 0.1) is 0 Å². The molecule has 7 nitrogen and oxygen atoms in total. The summed E-state index contributed by atoms with van der Waals surface area (Å²) >= 11 is 3.40. The number of nitrogens with zero attached hydrogens (tertiary/aromatic N) is 4. The van der Waals surface area contributed by atoms with E-state index in [4.69, 9.17) is 5.11 Å². The predicted molar refractivity (Wildman–Crippen MR) is 82.2 cm³/mol. The Morgan fingerprint density at radius 2 is 2.18 bits per heavy atom. The summed E-state index contributed by atoms with van der Waals surface area (Å²) in [6.07, 6.45) is 1.24. The number of halogens is 1. The first-order chi connectivity index (χ1) is 10.5. The summed E-state index contributed by atoms with van der Waals surface area (Å²) in [4.78, 5) is 24.7. The van der Waals surface area contributed by atoms with Gasteiger partial charge < -0.3 is 10.0 Å². The van der Waals surface area contributed by atoms with Gasteiger partial charge in [-0.25, -0.2) is 9.48 Å². The zero-order valence-corrected chi connectivity index (χ0v) is 13.5. The van der Waals surface area contributed by atoms with Crippen molar-refractivity contribution in [1.29, 1.82) is 0 Å². The van der Waals surface area contributed by atoms with Gasteiger partial charge in [0.05, 0.1) is 6.20 Å². The Bertz CT molecular complexity index is 686. The molecule has 0 bridgehead atoms. The standard InChI is InChI=1S/C14H15BrN4O3/c1-2-18(7-10-4-3-5-11(15)6-10)13(20)9-19-8-12(14(21)22)16-17-19/h3-6,8H,2,7,9H2,1H3,(H,21,22). The van der Waals surface area contributed by atoms with Crippen LogP contribution in [0.3, 0.4) is 0 Å². The predicted octanol–water partition coefficient (Wildman–Crippen LogP) is 1.79. The van der Waals surface area contributed by atoms with Crippen molar-refractivity contribution in [1.82, 2.24) is 19.9 Å². The highest BCUT2D eigenvalue weighted by atomic mass is 79.9. The van der Waals surface area contributed by atoms with Crippen LogP contribution in [0.1, 0.15) is 23.0 Å². The number of aromatic nitrogens is 3. The Morgan fingerprint density at radius 1 is 1.41 bits per heavy atom. The van der Waals surface area contributed by atoms with Crippen molar-refractivity contribution < 1.29 is 14.7 Å². The van der Waals surface area contributed by atoms with Crippen LogP contribution in [-0.4, -0.2) is 43.4 Å². The van der Waals surface area contributed by atoms with Gasteiger partial charge in [0, 0.05) is 17.6 Å². The molecule has 0 aliphatic heterocycles. The van der Waals surface area contributed by atoms with Gasteiger partial charge in [0.15, 0.2) is 5.69 Å². The van der Waals surface area contributed by atoms with Crippen LogP contribution in [0.25, 0.3) is 0 Å². The number of aromatic carboxylic acids is 1. The number of hydrogen-bond donors (Lipinski definition) is 1. The molecule has 0 spiro atoms. The molecule has 0 atom stereocenters. The first-order valence-electron chi connectivity index (χ1n) is 6.65. The molecule has 0 saturated carbocycles. The van der Waals surface area contributed by atoms with Crippen molar-refractivity contribution in [2.75, 3.05) is 6.54 Å². The van der Waals surface area contributed by atoms with E-state index in [2.05, 4.69) is 26.2 Å². The molecule has 0 aliphatic rings. The second-order valence-electron chi connectivity index (χ2n) is 4.64. The van der Waals surface area contributed by atoms with Crippen LogP contribution < -0.4 is 0 Å². The molecule has 116 valence electrons. The van der Waals surface area contributed by atoms with Gasteiger partial charge in [-0.3, -0.25) is 4.79 Å². The highest BCUT2D eigenvalue weighted by Crippen LogP contribution is 2.13. The first kappa shape index (κ1) is 16.2. The lowest BCUT2D eigenvalue weighted by Gasteiger charge is -2.21. The van der Waals surface area contributed by atoms with Crippen LogP contribution in [-0.2, 0) is 17.9 Å². The number of carboxylic acids is 1. The molecule has 1 aromatic carbocycles. The van der Waals surface area contributed by atoms with Crippen molar-refractivity contribution in [3.8, 4) is 0 Å². The Morgan fingerprint density at radius 3 is 2.77 bits per heavy atom. The number of amides is 1. The van der Waals surface area contributed by atoms with Crippen LogP contribution in [0.2, 0.25) is 0 Å². The Balaban J connectivity index is 2.03. The molecular weight excluding hydrogens is 352 g/mol. The highest BCUT2D eigenvalue weighted by Gasteiger charge is 2.15. The summed E-state index contributed by atoms with van der Waals surface area (Å²) in [5.74, 6) is -1.32. The second-order valence-corrected chi connectivity index (χ2v) is 5.56. The number of hydrogen-bond acceptors (Lipinski definition) is 4. The molecule has 1 heterocycles. The van der Waals surface area contributed by atoms with Gasteiger partial charge in [0.25, 0.3) is 0 Å². The van der Waals surface area contributed by atoms with E-state index in [1.807, 2.05) is 31.2 Å². The quantitative estimate of drug-likeness (QED) is 0.841. The number of rotatable bonds is 6. The molecule has 1 amide bonds. The SMILES string of the molecule is CCN(Cc1cccc(Br)c1)C(=O)Cn1cc(C(=O)O)nn1. The van der Waals surface area contributed by atoms with Gasteiger partial charge in [-0.15, -0.1) is 5.10 Å². The van der Waals surface area contributed by atoms with Gasteiger partial charge >= 0.3 is 5.97 Å². The minimum Gasteiger partial charge on any atom is -0.476 e. The van der Waals surface area contributed by atoms with E-state index in [9.17, 15) is 9.59 Å². The summed E-state index contributed by atoms with van der Waals surface area (Å²) in [6.45, 7) is 2.88. The van der Waals surface area contributed by atoms with Crippen molar-refractivity contribution in [3.05, 3.63) is 46.2 Å². The monoisotopic (exact) mass is 366 g/mol. The lowest BCUT2D eigenvalue weighted by atomic mass is 10.2.